The fourth-order valence-electron chi connectivity index (χ4n) is 1.47. The van der Waals surface area contributed by atoms with Crippen molar-refractivity contribution in [2.45, 2.75) is 11.3 Å². The van der Waals surface area contributed by atoms with Crippen LogP contribution in [0, 0.1) is 0 Å². The van der Waals surface area contributed by atoms with Crippen molar-refractivity contribution in [1.82, 2.24) is 24.9 Å². The average Bonchev–Trinajstić information content (AvgIpc) is 2.91. The van der Waals surface area contributed by atoms with Crippen molar-refractivity contribution >= 4 is 31.8 Å². The summed E-state index contributed by atoms with van der Waals surface area (Å²) in [4.78, 5) is 7.76. The molecule has 0 spiro atoms. The Balaban J connectivity index is 2.11. The van der Waals surface area contributed by atoms with E-state index in [0.717, 1.165) is 0 Å². The fraction of sp³-hybridized carbons (Fsp3) is 0.222. The zero-order valence-electron chi connectivity index (χ0n) is 10.2. The number of aromatic nitrogens is 4. The number of nitrogens with one attached hydrogen (secondary N) is 3. The number of nitrogen functional groups attached to an aromatic ring is 1. The molecule has 0 bridgehead atoms. The summed E-state index contributed by atoms with van der Waals surface area (Å²) >= 11 is 3.17. The minimum absolute atomic E-state index is 0.0352. The highest BCUT2D eigenvalue weighted by Crippen LogP contribution is 2.21. The van der Waals surface area contributed by atoms with Gasteiger partial charge in [-0.2, -0.15) is 5.10 Å². The molecule has 0 unspecified atom stereocenters. The molecule has 9 nitrogen and oxygen atoms in total. The van der Waals surface area contributed by atoms with Crippen molar-refractivity contribution in [2.75, 3.05) is 12.0 Å². The van der Waals surface area contributed by atoms with E-state index < -0.39 is 10.0 Å². The van der Waals surface area contributed by atoms with Crippen LogP contribution in [0.1, 0.15) is 5.82 Å². The van der Waals surface area contributed by atoms with Gasteiger partial charge in [0.25, 0.3) is 0 Å². The van der Waals surface area contributed by atoms with Crippen LogP contribution < -0.4 is 16.0 Å². The minimum atomic E-state index is -3.73. The zero-order valence-corrected chi connectivity index (χ0v) is 12.6. The zero-order chi connectivity index (χ0) is 14.6. The van der Waals surface area contributed by atoms with E-state index in [1.54, 1.807) is 0 Å². The van der Waals surface area contributed by atoms with Crippen molar-refractivity contribution in [1.29, 1.82) is 0 Å². The molecular weight excluding hydrogens is 350 g/mol. The highest BCUT2D eigenvalue weighted by atomic mass is 79.9. The van der Waals surface area contributed by atoms with E-state index in [9.17, 15) is 8.42 Å². The lowest BCUT2D eigenvalue weighted by molar-refractivity contribution is 0.580. The topological polar surface area (TPSA) is 139 Å². The maximum atomic E-state index is 12.2. The minimum Gasteiger partial charge on any atom is -0.307 e. The number of rotatable bonds is 6. The fourth-order valence-corrected chi connectivity index (χ4v) is 3.12. The third-order valence-corrected chi connectivity index (χ3v) is 4.27. The van der Waals surface area contributed by atoms with Gasteiger partial charge in [-0.15, -0.1) is 0 Å². The van der Waals surface area contributed by atoms with Gasteiger partial charge in [-0.3, -0.25) is 5.10 Å². The van der Waals surface area contributed by atoms with E-state index in [4.69, 9.17) is 5.84 Å². The number of hydrogen-bond acceptors (Lipinski definition) is 7. The molecule has 0 radical (unpaired) electrons. The van der Waals surface area contributed by atoms with Gasteiger partial charge in [-0.25, -0.2) is 29.0 Å². The Kier molecular flexibility index (Phi) is 4.65. The van der Waals surface area contributed by atoms with Crippen LogP contribution in [0.2, 0.25) is 0 Å². The first-order valence-corrected chi connectivity index (χ1v) is 7.76. The molecule has 0 amide bonds. The van der Waals surface area contributed by atoms with Gasteiger partial charge in [0.1, 0.15) is 17.0 Å². The highest BCUT2D eigenvalue weighted by molar-refractivity contribution is 9.10. The second-order valence-corrected chi connectivity index (χ2v) is 6.38. The van der Waals surface area contributed by atoms with Gasteiger partial charge in [-0.1, -0.05) is 0 Å². The van der Waals surface area contributed by atoms with Crippen molar-refractivity contribution < 1.29 is 8.42 Å². The van der Waals surface area contributed by atoms with Crippen LogP contribution in [0.3, 0.4) is 0 Å². The summed E-state index contributed by atoms with van der Waals surface area (Å²) in [6.45, 7) is 0.175. The van der Waals surface area contributed by atoms with Gasteiger partial charge in [0.05, 0.1) is 0 Å². The number of anilines is 1. The van der Waals surface area contributed by atoms with Crippen LogP contribution >= 0.6 is 15.9 Å². The Morgan fingerprint density at radius 2 is 2.20 bits per heavy atom. The van der Waals surface area contributed by atoms with E-state index in [-0.39, 0.29) is 17.3 Å². The molecule has 5 N–H and O–H groups in total. The normalized spacial score (nSPS) is 11.5. The number of nitrogens with zero attached hydrogens (tertiary/aromatic N) is 3. The summed E-state index contributed by atoms with van der Waals surface area (Å²) in [5.41, 5.74) is 2.25. The first-order valence-electron chi connectivity index (χ1n) is 5.49. The standard InChI is InChI=1S/C9H12BrN7O2S/c10-6-3-7(9(16-11)12-4-6)20(18,19)15-2-1-8-13-5-14-17-8/h3-5,15H,1-2,11H2,(H,12,16)(H,13,14,17). The number of pyridine rings is 1. The van der Waals surface area contributed by atoms with Gasteiger partial charge >= 0.3 is 0 Å². The van der Waals surface area contributed by atoms with Gasteiger partial charge < -0.3 is 5.43 Å². The molecule has 0 fully saturated rings. The second-order valence-electron chi connectivity index (χ2n) is 3.72. The summed E-state index contributed by atoms with van der Waals surface area (Å²) in [6, 6.07) is 1.42. The first-order chi connectivity index (χ1) is 9.53. The molecule has 0 atom stereocenters. The van der Waals surface area contributed by atoms with Crippen molar-refractivity contribution in [3.8, 4) is 0 Å². The SMILES string of the molecule is NNc1ncc(Br)cc1S(=O)(=O)NCCc1ncn[nH]1. The van der Waals surface area contributed by atoms with Crippen LogP contribution in [0.15, 0.2) is 28.0 Å². The third kappa shape index (κ3) is 3.50. The molecule has 0 aliphatic carbocycles. The van der Waals surface area contributed by atoms with Crippen LogP contribution in [-0.4, -0.2) is 35.1 Å². The van der Waals surface area contributed by atoms with Crippen molar-refractivity contribution in [2.24, 2.45) is 5.84 Å². The lowest BCUT2D eigenvalue weighted by atomic mass is 10.4. The molecule has 0 aliphatic rings. The summed E-state index contributed by atoms with van der Waals surface area (Å²) < 4.78 is 27.3. The molecule has 0 aliphatic heterocycles. The van der Waals surface area contributed by atoms with Gasteiger partial charge in [0, 0.05) is 23.6 Å². The number of sulfonamides is 1. The highest BCUT2D eigenvalue weighted by Gasteiger charge is 2.19. The van der Waals surface area contributed by atoms with Gasteiger partial charge in [0.2, 0.25) is 10.0 Å². The Morgan fingerprint density at radius 3 is 2.85 bits per heavy atom. The Morgan fingerprint density at radius 1 is 1.40 bits per heavy atom. The molecule has 20 heavy (non-hydrogen) atoms. The molecule has 2 heterocycles. The average molecular weight is 362 g/mol. The molecule has 108 valence electrons. The van der Waals surface area contributed by atoms with Crippen LogP contribution in [0.4, 0.5) is 5.82 Å². The predicted octanol–water partition coefficient (Wildman–Crippen LogP) is -0.231. The molecular formula is C9H12BrN7O2S. The Bertz CT molecular complexity index is 674. The van der Waals surface area contributed by atoms with E-state index in [1.165, 1.54) is 18.6 Å². The number of hydrazine groups is 1. The molecule has 2 aromatic rings. The maximum Gasteiger partial charge on any atom is 0.244 e. The van der Waals surface area contributed by atoms with Crippen LogP contribution in [-0.2, 0) is 16.4 Å². The number of nitrogens with two attached hydrogens (primary N) is 1. The Labute approximate surface area is 123 Å². The summed E-state index contributed by atoms with van der Waals surface area (Å²) in [7, 11) is -3.73. The van der Waals surface area contributed by atoms with E-state index in [0.29, 0.717) is 16.7 Å². The largest absolute Gasteiger partial charge is 0.307 e. The molecule has 2 rings (SSSR count). The Hall–Kier alpha value is -1.56. The number of hydrogen-bond donors (Lipinski definition) is 4. The number of halogens is 1. The van der Waals surface area contributed by atoms with Gasteiger partial charge in [-0.05, 0) is 22.0 Å². The first kappa shape index (κ1) is 14.8. The molecule has 2 aromatic heterocycles. The van der Waals surface area contributed by atoms with E-state index >= 15 is 0 Å². The predicted molar refractivity (Wildman–Crippen MR) is 75.0 cm³/mol. The monoisotopic (exact) mass is 361 g/mol. The molecule has 0 saturated carbocycles. The number of H-pyrrole nitrogens is 1. The maximum absolute atomic E-state index is 12.2. The molecule has 0 saturated heterocycles. The van der Waals surface area contributed by atoms with Crippen molar-refractivity contribution in [3.05, 3.63) is 28.9 Å². The summed E-state index contributed by atoms with van der Waals surface area (Å²) in [5, 5.41) is 6.33. The third-order valence-electron chi connectivity index (χ3n) is 2.36. The van der Waals surface area contributed by atoms with E-state index in [1.807, 2.05) is 0 Å². The van der Waals surface area contributed by atoms with Crippen molar-refractivity contribution in [3.63, 3.8) is 0 Å². The lowest BCUT2D eigenvalue weighted by Gasteiger charge is -2.10. The van der Waals surface area contributed by atoms with Crippen LogP contribution in [0.25, 0.3) is 0 Å². The smallest absolute Gasteiger partial charge is 0.244 e. The van der Waals surface area contributed by atoms with Crippen LogP contribution in [0.5, 0.6) is 0 Å². The second kappa shape index (κ2) is 6.26. The lowest BCUT2D eigenvalue weighted by Crippen LogP contribution is -2.28. The molecule has 0 aromatic carbocycles. The molecule has 11 heteroatoms. The quantitative estimate of drug-likeness (QED) is 0.411. The number of aromatic amines is 1. The summed E-state index contributed by atoms with van der Waals surface area (Å²) in [6.07, 6.45) is 3.20. The van der Waals surface area contributed by atoms with E-state index in [2.05, 4.69) is 46.2 Å². The van der Waals surface area contributed by atoms with Gasteiger partial charge in [0.15, 0.2) is 5.82 Å². The summed E-state index contributed by atoms with van der Waals surface area (Å²) in [5.74, 6) is 5.92.